The Morgan fingerprint density at radius 3 is 2.75 bits per heavy atom. The second-order valence-corrected chi connectivity index (χ2v) is 6.86. The van der Waals surface area contributed by atoms with Crippen LogP contribution < -0.4 is 5.32 Å². The fraction of sp³-hybridized carbons (Fsp3) is 0.500. The molecule has 1 heterocycles. The minimum Gasteiger partial charge on any atom is -0.375 e. The summed E-state index contributed by atoms with van der Waals surface area (Å²) in [6, 6.07) is 6.27. The van der Waals surface area contributed by atoms with Gasteiger partial charge in [-0.2, -0.15) is 0 Å². The molecule has 1 saturated heterocycles. The summed E-state index contributed by atoms with van der Waals surface area (Å²) in [5.74, 6) is 0. The van der Waals surface area contributed by atoms with Crippen molar-refractivity contribution in [3.8, 4) is 0 Å². The minimum absolute atomic E-state index is 0.00368. The number of sulfonamides is 1. The molecule has 1 fully saturated rings. The average Bonchev–Trinajstić information content (AvgIpc) is 2.38. The molecule has 1 aromatic carbocycles. The molecule has 0 amide bonds. The van der Waals surface area contributed by atoms with Crippen LogP contribution in [0.2, 0.25) is 0 Å². The van der Waals surface area contributed by atoms with Crippen LogP contribution in [0.15, 0.2) is 24.3 Å². The van der Waals surface area contributed by atoms with Crippen molar-refractivity contribution < 1.29 is 13.3 Å². The highest BCUT2D eigenvalue weighted by Crippen LogP contribution is 2.26. The highest BCUT2D eigenvalue weighted by atomic mass is 32.2. The van der Waals surface area contributed by atoms with Gasteiger partial charge >= 0.3 is 0 Å². The molecule has 0 spiro atoms. The van der Waals surface area contributed by atoms with E-state index in [1.54, 1.807) is 18.2 Å². The molecule has 0 bridgehead atoms. The number of anilines is 1. The topological polar surface area (TPSA) is 92.6 Å². The van der Waals surface area contributed by atoms with E-state index in [0.717, 1.165) is 12.8 Å². The van der Waals surface area contributed by atoms with E-state index in [2.05, 4.69) is 5.32 Å². The average molecular weight is 299 g/mol. The first kappa shape index (κ1) is 14.7. The monoisotopic (exact) mass is 299 g/mol. The fourth-order valence-corrected chi connectivity index (χ4v) is 3.25. The van der Waals surface area contributed by atoms with Gasteiger partial charge in [0.05, 0.1) is 11.2 Å². The number of nitro groups is 1. The first-order valence-corrected chi connectivity index (χ1v) is 8.18. The van der Waals surface area contributed by atoms with Gasteiger partial charge in [-0.3, -0.25) is 10.1 Å². The third-order valence-electron chi connectivity index (χ3n) is 3.31. The van der Waals surface area contributed by atoms with Crippen LogP contribution in [-0.2, 0) is 10.0 Å². The van der Waals surface area contributed by atoms with Crippen LogP contribution in [0.1, 0.15) is 12.8 Å². The van der Waals surface area contributed by atoms with Crippen molar-refractivity contribution in [1.82, 2.24) is 4.31 Å². The summed E-state index contributed by atoms with van der Waals surface area (Å²) >= 11 is 0. The van der Waals surface area contributed by atoms with E-state index in [1.165, 1.54) is 16.6 Å². The van der Waals surface area contributed by atoms with E-state index in [1.807, 2.05) is 0 Å². The van der Waals surface area contributed by atoms with Crippen molar-refractivity contribution in [3.63, 3.8) is 0 Å². The molecule has 1 N–H and O–H groups in total. The molecule has 8 heteroatoms. The zero-order valence-corrected chi connectivity index (χ0v) is 12.0. The van der Waals surface area contributed by atoms with E-state index >= 15 is 0 Å². The Hall–Kier alpha value is -1.67. The fourth-order valence-electron chi connectivity index (χ4n) is 2.34. The number of benzene rings is 1. The SMILES string of the molecule is CS(=O)(=O)N1CCC[C@H](Nc2ccccc2[N+](=O)[O-])C1. The smallest absolute Gasteiger partial charge is 0.292 e. The standard InChI is InChI=1S/C12H17N3O4S/c1-20(18,19)14-8-4-5-10(9-14)13-11-6-2-3-7-12(11)15(16)17/h2-3,6-7,10,13H,4-5,8-9H2,1H3/t10-/m0/s1. The molecular weight excluding hydrogens is 282 g/mol. The largest absolute Gasteiger partial charge is 0.375 e. The summed E-state index contributed by atoms with van der Waals surface area (Å²) in [6.45, 7) is 0.846. The van der Waals surface area contributed by atoms with Crippen molar-refractivity contribution >= 4 is 21.4 Å². The van der Waals surface area contributed by atoms with Crippen molar-refractivity contribution in [3.05, 3.63) is 34.4 Å². The molecule has 1 atom stereocenters. The van der Waals surface area contributed by atoms with Crippen LogP contribution in [0.25, 0.3) is 0 Å². The predicted octanol–water partition coefficient (Wildman–Crippen LogP) is 1.43. The number of nitro benzene ring substituents is 1. The van der Waals surface area contributed by atoms with Gasteiger partial charge < -0.3 is 5.32 Å². The number of nitrogens with zero attached hydrogens (tertiary/aromatic N) is 2. The molecule has 0 radical (unpaired) electrons. The summed E-state index contributed by atoms with van der Waals surface area (Å²) in [4.78, 5) is 10.5. The normalized spacial score (nSPS) is 20.6. The molecule has 110 valence electrons. The van der Waals surface area contributed by atoms with Gasteiger partial charge in [-0.25, -0.2) is 12.7 Å². The van der Waals surface area contributed by atoms with E-state index < -0.39 is 14.9 Å². The highest BCUT2D eigenvalue weighted by Gasteiger charge is 2.27. The van der Waals surface area contributed by atoms with Gasteiger partial charge in [0.15, 0.2) is 0 Å². The van der Waals surface area contributed by atoms with Crippen molar-refractivity contribution in [2.45, 2.75) is 18.9 Å². The molecule has 1 aliphatic rings. The van der Waals surface area contributed by atoms with Crippen LogP contribution in [-0.4, -0.2) is 43.0 Å². The minimum atomic E-state index is -3.22. The van der Waals surface area contributed by atoms with E-state index in [4.69, 9.17) is 0 Å². The molecule has 0 aliphatic carbocycles. The van der Waals surface area contributed by atoms with Crippen molar-refractivity contribution in [2.75, 3.05) is 24.7 Å². The second kappa shape index (κ2) is 5.76. The molecule has 0 aromatic heterocycles. The Bertz CT molecular complexity index is 602. The van der Waals surface area contributed by atoms with Gasteiger partial charge in [0, 0.05) is 25.2 Å². The van der Waals surface area contributed by atoms with Gasteiger partial charge in [-0.15, -0.1) is 0 Å². The quantitative estimate of drug-likeness (QED) is 0.670. The molecule has 0 saturated carbocycles. The first-order chi connectivity index (χ1) is 9.38. The van der Waals surface area contributed by atoms with Crippen LogP contribution >= 0.6 is 0 Å². The number of hydrogen-bond acceptors (Lipinski definition) is 5. The molecule has 7 nitrogen and oxygen atoms in total. The van der Waals surface area contributed by atoms with Crippen LogP contribution in [0.5, 0.6) is 0 Å². The maximum Gasteiger partial charge on any atom is 0.292 e. The van der Waals surface area contributed by atoms with Gasteiger partial charge in [-0.1, -0.05) is 12.1 Å². The lowest BCUT2D eigenvalue weighted by atomic mass is 10.1. The molecule has 2 rings (SSSR count). The Labute approximate surface area is 117 Å². The Kier molecular flexibility index (Phi) is 4.24. The summed E-state index contributed by atoms with van der Waals surface area (Å²) in [5, 5.41) is 14.0. The molecule has 1 aliphatic heterocycles. The van der Waals surface area contributed by atoms with E-state index in [0.29, 0.717) is 18.8 Å². The van der Waals surface area contributed by atoms with E-state index in [9.17, 15) is 18.5 Å². The maximum atomic E-state index is 11.5. The zero-order valence-electron chi connectivity index (χ0n) is 11.2. The van der Waals surface area contributed by atoms with Crippen molar-refractivity contribution in [1.29, 1.82) is 0 Å². The first-order valence-electron chi connectivity index (χ1n) is 6.33. The predicted molar refractivity (Wildman–Crippen MR) is 76.2 cm³/mol. The summed E-state index contributed by atoms with van der Waals surface area (Å²) in [5.41, 5.74) is 0.432. The van der Waals surface area contributed by atoms with Gasteiger partial charge in [0.2, 0.25) is 10.0 Å². The zero-order chi connectivity index (χ0) is 14.8. The summed E-state index contributed by atoms with van der Waals surface area (Å²) in [6.07, 6.45) is 2.71. The Morgan fingerprint density at radius 1 is 1.40 bits per heavy atom. The highest BCUT2D eigenvalue weighted by molar-refractivity contribution is 7.88. The lowest BCUT2D eigenvalue weighted by Gasteiger charge is -2.31. The van der Waals surface area contributed by atoms with Crippen molar-refractivity contribution in [2.24, 2.45) is 0 Å². The number of piperidine rings is 1. The van der Waals surface area contributed by atoms with Crippen LogP contribution in [0.3, 0.4) is 0 Å². The summed E-state index contributed by atoms with van der Waals surface area (Å²) < 4.78 is 24.5. The summed E-state index contributed by atoms with van der Waals surface area (Å²) in [7, 11) is -3.22. The van der Waals surface area contributed by atoms with Gasteiger partial charge in [-0.05, 0) is 18.9 Å². The lowest BCUT2D eigenvalue weighted by molar-refractivity contribution is -0.384. The Morgan fingerprint density at radius 2 is 2.10 bits per heavy atom. The number of nitrogens with one attached hydrogen (secondary N) is 1. The van der Waals surface area contributed by atoms with Gasteiger partial charge in [0.25, 0.3) is 5.69 Å². The van der Waals surface area contributed by atoms with Crippen LogP contribution in [0, 0.1) is 10.1 Å². The maximum absolute atomic E-state index is 11.5. The van der Waals surface area contributed by atoms with Gasteiger partial charge in [0.1, 0.15) is 5.69 Å². The van der Waals surface area contributed by atoms with Crippen LogP contribution in [0.4, 0.5) is 11.4 Å². The molecule has 1 aromatic rings. The number of rotatable bonds is 4. The number of hydrogen-bond donors (Lipinski definition) is 1. The third-order valence-corrected chi connectivity index (χ3v) is 4.58. The second-order valence-electron chi connectivity index (χ2n) is 4.88. The lowest BCUT2D eigenvalue weighted by Crippen LogP contribution is -2.44. The number of para-hydroxylation sites is 2. The Balaban J connectivity index is 2.12. The van der Waals surface area contributed by atoms with E-state index in [-0.39, 0.29) is 11.7 Å². The molecular formula is C12H17N3O4S. The molecule has 20 heavy (non-hydrogen) atoms. The third kappa shape index (κ3) is 3.45. The molecule has 0 unspecified atom stereocenters.